The molecule has 0 spiro atoms. The molecule has 0 atom stereocenters. The van der Waals surface area contributed by atoms with Gasteiger partial charge in [0, 0.05) is 10.7 Å². The first-order valence-corrected chi connectivity index (χ1v) is 7.02. The molecule has 110 valence electrons. The standard InChI is InChI=1S/C14H11BrClNO4/c1-20-12-5-8(14(18)19)4-11(16)13(12)21-7-10-3-2-9(15)6-17-10/h2-6H,7H2,1H3,(H,18,19). The third-order valence-corrected chi connectivity index (χ3v) is 3.38. The molecule has 5 nitrogen and oxygen atoms in total. The van der Waals surface area contributed by atoms with Crippen LogP contribution in [0.3, 0.4) is 0 Å². The zero-order valence-corrected chi connectivity index (χ0v) is 13.3. The van der Waals surface area contributed by atoms with Crippen LogP contribution in [0, 0.1) is 0 Å². The summed E-state index contributed by atoms with van der Waals surface area (Å²) in [6, 6.07) is 6.32. The molecule has 0 aliphatic rings. The quantitative estimate of drug-likeness (QED) is 0.865. The first kappa shape index (κ1) is 15.6. The third-order valence-electron chi connectivity index (χ3n) is 2.63. The maximum atomic E-state index is 11.0. The van der Waals surface area contributed by atoms with E-state index >= 15 is 0 Å². The summed E-state index contributed by atoms with van der Waals surface area (Å²) < 4.78 is 11.6. The van der Waals surface area contributed by atoms with Gasteiger partial charge in [0.05, 0.1) is 23.4 Å². The number of nitrogens with zero attached hydrogens (tertiary/aromatic N) is 1. The van der Waals surface area contributed by atoms with Gasteiger partial charge in [-0.15, -0.1) is 0 Å². The van der Waals surface area contributed by atoms with Crippen LogP contribution < -0.4 is 9.47 Å². The van der Waals surface area contributed by atoms with Crippen LogP contribution in [0.25, 0.3) is 0 Å². The molecule has 0 bridgehead atoms. The summed E-state index contributed by atoms with van der Waals surface area (Å²) in [7, 11) is 1.42. The highest BCUT2D eigenvalue weighted by Gasteiger charge is 2.15. The van der Waals surface area contributed by atoms with E-state index in [1.165, 1.54) is 19.2 Å². The zero-order valence-electron chi connectivity index (χ0n) is 11.0. The number of methoxy groups -OCH3 is 1. The van der Waals surface area contributed by atoms with Crippen molar-refractivity contribution in [2.75, 3.05) is 7.11 Å². The van der Waals surface area contributed by atoms with Crippen molar-refractivity contribution in [1.82, 2.24) is 4.98 Å². The molecule has 0 amide bonds. The number of aromatic carboxylic acids is 1. The number of hydrogen-bond acceptors (Lipinski definition) is 4. The van der Waals surface area contributed by atoms with Crippen molar-refractivity contribution < 1.29 is 19.4 Å². The molecule has 1 aromatic heterocycles. The van der Waals surface area contributed by atoms with E-state index in [2.05, 4.69) is 20.9 Å². The molecule has 0 aliphatic carbocycles. The SMILES string of the molecule is COc1cc(C(=O)O)cc(Cl)c1OCc1ccc(Br)cn1. The van der Waals surface area contributed by atoms with Gasteiger partial charge in [-0.3, -0.25) is 4.98 Å². The Labute approximate surface area is 134 Å². The largest absolute Gasteiger partial charge is 0.493 e. The minimum absolute atomic E-state index is 0.0333. The van der Waals surface area contributed by atoms with Crippen LogP contribution >= 0.6 is 27.5 Å². The summed E-state index contributed by atoms with van der Waals surface area (Å²) in [5.41, 5.74) is 0.740. The Hall–Kier alpha value is -1.79. The molecular weight excluding hydrogens is 362 g/mol. The normalized spacial score (nSPS) is 10.2. The van der Waals surface area contributed by atoms with Crippen LogP contribution in [0.4, 0.5) is 0 Å². The van der Waals surface area contributed by atoms with Gasteiger partial charge in [0.1, 0.15) is 6.61 Å². The number of rotatable bonds is 5. The van der Waals surface area contributed by atoms with Gasteiger partial charge in [-0.25, -0.2) is 4.79 Å². The fourth-order valence-electron chi connectivity index (χ4n) is 1.62. The molecule has 0 unspecified atom stereocenters. The van der Waals surface area contributed by atoms with Gasteiger partial charge in [0.25, 0.3) is 0 Å². The second-order valence-corrected chi connectivity index (χ2v) is 5.37. The number of halogens is 2. The van der Waals surface area contributed by atoms with Crippen molar-refractivity contribution in [3.05, 3.63) is 51.2 Å². The predicted octanol–water partition coefficient (Wildman–Crippen LogP) is 3.78. The van der Waals surface area contributed by atoms with Crippen molar-refractivity contribution in [2.24, 2.45) is 0 Å². The molecule has 1 aromatic carbocycles. The summed E-state index contributed by atoms with van der Waals surface area (Å²) in [6.07, 6.45) is 1.66. The summed E-state index contributed by atoms with van der Waals surface area (Å²) in [4.78, 5) is 15.1. The molecule has 0 fully saturated rings. The highest BCUT2D eigenvalue weighted by atomic mass is 79.9. The van der Waals surface area contributed by atoms with Gasteiger partial charge < -0.3 is 14.6 Å². The van der Waals surface area contributed by atoms with Crippen molar-refractivity contribution in [2.45, 2.75) is 6.61 Å². The molecule has 0 saturated heterocycles. The van der Waals surface area contributed by atoms with Crippen molar-refractivity contribution in [3.8, 4) is 11.5 Å². The number of ether oxygens (including phenoxy) is 2. The van der Waals surface area contributed by atoms with E-state index < -0.39 is 5.97 Å². The Balaban J connectivity index is 2.23. The van der Waals surface area contributed by atoms with Crippen LogP contribution in [0.2, 0.25) is 5.02 Å². The Kier molecular flexibility index (Phi) is 5.03. The van der Waals surface area contributed by atoms with E-state index in [1.54, 1.807) is 12.3 Å². The van der Waals surface area contributed by atoms with E-state index in [0.29, 0.717) is 5.69 Å². The molecule has 1 heterocycles. The molecular formula is C14H11BrClNO4. The fourth-order valence-corrected chi connectivity index (χ4v) is 2.12. The molecule has 21 heavy (non-hydrogen) atoms. The molecule has 2 aromatic rings. The van der Waals surface area contributed by atoms with Gasteiger partial charge in [-0.2, -0.15) is 0 Å². The lowest BCUT2D eigenvalue weighted by molar-refractivity contribution is 0.0696. The second kappa shape index (κ2) is 6.78. The predicted molar refractivity (Wildman–Crippen MR) is 81.2 cm³/mol. The highest BCUT2D eigenvalue weighted by Crippen LogP contribution is 2.36. The topological polar surface area (TPSA) is 68.7 Å². The average molecular weight is 373 g/mol. The van der Waals surface area contributed by atoms with Gasteiger partial charge in [0.2, 0.25) is 0 Å². The molecule has 1 N–H and O–H groups in total. The second-order valence-electron chi connectivity index (χ2n) is 4.05. The van der Waals surface area contributed by atoms with Gasteiger partial charge >= 0.3 is 5.97 Å². The average Bonchev–Trinajstić information content (AvgIpc) is 2.46. The minimum Gasteiger partial charge on any atom is -0.493 e. The first-order valence-electron chi connectivity index (χ1n) is 5.85. The molecule has 0 radical (unpaired) electrons. The maximum absolute atomic E-state index is 11.0. The molecule has 7 heteroatoms. The summed E-state index contributed by atoms with van der Waals surface area (Å²) in [5, 5.41) is 9.15. The fraction of sp³-hybridized carbons (Fsp3) is 0.143. The molecule has 2 rings (SSSR count). The van der Waals surface area contributed by atoms with Crippen LogP contribution in [-0.2, 0) is 6.61 Å². The van der Waals surface area contributed by atoms with Crippen LogP contribution in [0.1, 0.15) is 16.1 Å². The lowest BCUT2D eigenvalue weighted by Gasteiger charge is -2.13. The van der Waals surface area contributed by atoms with Crippen LogP contribution in [-0.4, -0.2) is 23.2 Å². The maximum Gasteiger partial charge on any atom is 0.335 e. The first-order chi connectivity index (χ1) is 10.0. The molecule has 0 saturated carbocycles. The third kappa shape index (κ3) is 3.86. The lowest BCUT2D eigenvalue weighted by atomic mass is 10.2. The Morgan fingerprint density at radius 1 is 1.43 bits per heavy atom. The van der Waals surface area contributed by atoms with E-state index in [9.17, 15) is 4.79 Å². The number of carbonyl (C=O) groups is 1. The summed E-state index contributed by atoms with van der Waals surface area (Å²) >= 11 is 9.35. The monoisotopic (exact) mass is 371 g/mol. The summed E-state index contributed by atoms with van der Waals surface area (Å²) in [5.74, 6) is -0.540. The van der Waals surface area contributed by atoms with Crippen molar-refractivity contribution in [3.63, 3.8) is 0 Å². The van der Waals surface area contributed by atoms with Gasteiger partial charge in [0.15, 0.2) is 11.5 Å². The Morgan fingerprint density at radius 3 is 2.76 bits per heavy atom. The highest BCUT2D eigenvalue weighted by molar-refractivity contribution is 9.10. The minimum atomic E-state index is -1.09. The number of carboxylic acids is 1. The lowest BCUT2D eigenvalue weighted by Crippen LogP contribution is -2.03. The number of aromatic nitrogens is 1. The summed E-state index contributed by atoms with van der Waals surface area (Å²) in [6.45, 7) is 0.190. The number of pyridine rings is 1. The molecule has 0 aliphatic heterocycles. The zero-order chi connectivity index (χ0) is 15.4. The van der Waals surface area contributed by atoms with E-state index in [1.807, 2.05) is 6.07 Å². The van der Waals surface area contributed by atoms with Crippen LogP contribution in [0.5, 0.6) is 11.5 Å². The smallest absolute Gasteiger partial charge is 0.335 e. The number of benzene rings is 1. The van der Waals surface area contributed by atoms with Crippen molar-refractivity contribution >= 4 is 33.5 Å². The van der Waals surface area contributed by atoms with Crippen LogP contribution in [0.15, 0.2) is 34.9 Å². The van der Waals surface area contributed by atoms with Crippen molar-refractivity contribution in [1.29, 1.82) is 0 Å². The van der Waals surface area contributed by atoms with E-state index in [0.717, 1.165) is 4.47 Å². The number of hydrogen-bond donors (Lipinski definition) is 1. The van der Waals surface area contributed by atoms with E-state index in [4.69, 9.17) is 26.2 Å². The number of carboxylic acid groups (broad SMARTS) is 1. The van der Waals surface area contributed by atoms with E-state index in [-0.39, 0.29) is 28.7 Å². The Bertz CT molecular complexity index is 661. The van der Waals surface area contributed by atoms with Gasteiger partial charge in [-0.1, -0.05) is 11.6 Å². The Morgan fingerprint density at radius 2 is 2.19 bits per heavy atom. The van der Waals surface area contributed by atoms with Gasteiger partial charge in [-0.05, 0) is 40.2 Å².